The average Bonchev–Trinajstić information content (AvgIpc) is 2.55. The van der Waals surface area contributed by atoms with Gasteiger partial charge in [-0.25, -0.2) is 0 Å². The van der Waals surface area contributed by atoms with Crippen molar-refractivity contribution in [1.29, 1.82) is 0 Å². The maximum atomic E-state index is 12.1. The highest BCUT2D eigenvalue weighted by Gasteiger charge is 2.25. The van der Waals surface area contributed by atoms with Gasteiger partial charge in [0.2, 0.25) is 5.91 Å². The van der Waals surface area contributed by atoms with Crippen molar-refractivity contribution in [1.82, 2.24) is 5.32 Å². The Morgan fingerprint density at radius 1 is 1.32 bits per heavy atom. The maximum absolute atomic E-state index is 12.1. The summed E-state index contributed by atoms with van der Waals surface area (Å²) in [5.41, 5.74) is 0.852. The van der Waals surface area contributed by atoms with Crippen LogP contribution >= 0.6 is 0 Å². The number of carbonyl (C=O) groups excluding carboxylic acids is 1. The monoisotopic (exact) mass is 305 g/mol. The van der Waals surface area contributed by atoms with Gasteiger partial charge in [-0.3, -0.25) is 4.79 Å². The van der Waals surface area contributed by atoms with Crippen LogP contribution in [0.1, 0.15) is 31.7 Å². The third kappa shape index (κ3) is 5.43. The standard InChI is InChI=1S/C18H27NO3/c1-18(14-20,12-16-5-3-2-4-6-16)13-19-17(21)11-15-7-9-22-10-8-15/h2-6,15,20H,7-14H2,1H3,(H,19,21)/t18-/m0/s1. The summed E-state index contributed by atoms with van der Waals surface area (Å²) in [6.07, 6.45) is 3.25. The summed E-state index contributed by atoms with van der Waals surface area (Å²) in [5, 5.41) is 12.7. The Hall–Kier alpha value is -1.39. The van der Waals surface area contributed by atoms with Gasteiger partial charge < -0.3 is 15.2 Å². The molecule has 1 saturated heterocycles. The molecule has 1 fully saturated rings. The van der Waals surface area contributed by atoms with Crippen molar-refractivity contribution in [3.63, 3.8) is 0 Å². The molecule has 0 unspecified atom stereocenters. The number of aliphatic hydroxyl groups is 1. The molecular weight excluding hydrogens is 278 g/mol. The van der Waals surface area contributed by atoms with Crippen molar-refractivity contribution >= 4 is 5.91 Å². The molecule has 1 aromatic carbocycles. The summed E-state index contributed by atoms with van der Waals surface area (Å²) in [6, 6.07) is 10.1. The van der Waals surface area contributed by atoms with Crippen LogP contribution in [0.25, 0.3) is 0 Å². The Labute approximate surface area is 132 Å². The van der Waals surface area contributed by atoms with Crippen LogP contribution < -0.4 is 5.32 Å². The van der Waals surface area contributed by atoms with Gasteiger partial charge in [-0.1, -0.05) is 37.3 Å². The first-order valence-corrected chi connectivity index (χ1v) is 8.10. The van der Waals surface area contributed by atoms with E-state index in [-0.39, 0.29) is 17.9 Å². The Kier molecular flexibility index (Phi) is 6.40. The lowest BCUT2D eigenvalue weighted by molar-refractivity contribution is -0.123. The minimum atomic E-state index is -0.327. The van der Waals surface area contributed by atoms with Gasteiger partial charge >= 0.3 is 0 Å². The number of carbonyl (C=O) groups is 1. The summed E-state index contributed by atoms with van der Waals surface area (Å²) >= 11 is 0. The van der Waals surface area contributed by atoms with Crippen molar-refractivity contribution in [2.45, 2.75) is 32.6 Å². The van der Waals surface area contributed by atoms with Gasteiger partial charge in [-0.05, 0) is 30.7 Å². The number of rotatable bonds is 7. The van der Waals surface area contributed by atoms with E-state index in [2.05, 4.69) is 17.4 Å². The van der Waals surface area contributed by atoms with E-state index in [9.17, 15) is 9.90 Å². The molecule has 1 atom stereocenters. The highest BCUT2D eigenvalue weighted by molar-refractivity contribution is 5.76. The zero-order valence-electron chi connectivity index (χ0n) is 13.4. The third-order valence-corrected chi connectivity index (χ3v) is 4.38. The van der Waals surface area contributed by atoms with Gasteiger partial charge in [-0.15, -0.1) is 0 Å². The molecule has 122 valence electrons. The Bertz CT molecular complexity index is 457. The summed E-state index contributed by atoms with van der Waals surface area (Å²) in [7, 11) is 0. The molecule has 0 aromatic heterocycles. The average molecular weight is 305 g/mol. The van der Waals surface area contributed by atoms with E-state index < -0.39 is 0 Å². The quantitative estimate of drug-likeness (QED) is 0.811. The minimum Gasteiger partial charge on any atom is -0.396 e. The lowest BCUT2D eigenvalue weighted by atomic mass is 9.84. The normalized spacial score (nSPS) is 18.6. The molecule has 0 aliphatic carbocycles. The van der Waals surface area contributed by atoms with Crippen LogP contribution in [-0.2, 0) is 16.0 Å². The molecule has 0 saturated carbocycles. The van der Waals surface area contributed by atoms with Crippen molar-refractivity contribution in [2.75, 3.05) is 26.4 Å². The van der Waals surface area contributed by atoms with Crippen molar-refractivity contribution < 1.29 is 14.6 Å². The summed E-state index contributed by atoms with van der Waals surface area (Å²) in [4.78, 5) is 12.1. The van der Waals surface area contributed by atoms with Gasteiger partial charge in [0, 0.05) is 31.6 Å². The fourth-order valence-corrected chi connectivity index (χ4v) is 2.86. The van der Waals surface area contributed by atoms with Gasteiger partial charge in [0.1, 0.15) is 0 Å². The molecule has 4 heteroatoms. The number of nitrogens with one attached hydrogen (secondary N) is 1. The Morgan fingerprint density at radius 3 is 2.64 bits per heavy atom. The molecule has 1 amide bonds. The summed E-state index contributed by atoms with van der Waals surface area (Å²) in [6.45, 7) is 4.09. The third-order valence-electron chi connectivity index (χ3n) is 4.38. The summed E-state index contributed by atoms with van der Waals surface area (Å²) in [5.74, 6) is 0.517. The van der Waals surface area contributed by atoms with Crippen LogP contribution in [0, 0.1) is 11.3 Å². The second kappa shape index (κ2) is 8.30. The number of benzene rings is 1. The molecule has 0 radical (unpaired) electrons. The maximum Gasteiger partial charge on any atom is 0.220 e. The molecule has 0 bridgehead atoms. The van der Waals surface area contributed by atoms with E-state index in [1.807, 2.05) is 25.1 Å². The number of amides is 1. The fourth-order valence-electron chi connectivity index (χ4n) is 2.86. The van der Waals surface area contributed by atoms with E-state index in [0.717, 1.165) is 32.5 Å². The van der Waals surface area contributed by atoms with Gasteiger partial charge in [0.15, 0.2) is 0 Å². The molecule has 1 aliphatic rings. The van der Waals surface area contributed by atoms with E-state index in [1.165, 1.54) is 5.56 Å². The molecule has 1 aliphatic heterocycles. The van der Waals surface area contributed by atoms with E-state index >= 15 is 0 Å². The lowest BCUT2D eigenvalue weighted by Crippen LogP contribution is -2.40. The Balaban J connectivity index is 1.80. The van der Waals surface area contributed by atoms with Gasteiger partial charge in [-0.2, -0.15) is 0 Å². The van der Waals surface area contributed by atoms with Crippen molar-refractivity contribution in [3.8, 4) is 0 Å². The van der Waals surface area contributed by atoms with Crippen molar-refractivity contribution in [2.24, 2.45) is 11.3 Å². The second-order valence-corrected chi connectivity index (χ2v) is 6.67. The number of ether oxygens (including phenoxy) is 1. The topological polar surface area (TPSA) is 58.6 Å². The second-order valence-electron chi connectivity index (χ2n) is 6.67. The Morgan fingerprint density at radius 2 is 2.00 bits per heavy atom. The van der Waals surface area contributed by atoms with Crippen LogP contribution in [0.3, 0.4) is 0 Å². The first-order valence-electron chi connectivity index (χ1n) is 8.10. The highest BCUT2D eigenvalue weighted by Crippen LogP contribution is 2.22. The number of hydrogen-bond donors (Lipinski definition) is 2. The van der Waals surface area contributed by atoms with Gasteiger partial charge in [0.05, 0.1) is 6.61 Å². The zero-order valence-corrected chi connectivity index (χ0v) is 13.4. The smallest absolute Gasteiger partial charge is 0.220 e. The molecule has 4 nitrogen and oxygen atoms in total. The van der Waals surface area contributed by atoms with Crippen LogP contribution in [0.5, 0.6) is 0 Å². The minimum absolute atomic E-state index is 0.0550. The largest absolute Gasteiger partial charge is 0.396 e. The van der Waals surface area contributed by atoms with E-state index in [4.69, 9.17) is 4.74 Å². The number of hydrogen-bond acceptors (Lipinski definition) is 3. The first-order chi connectivity index (χ1) is 10.6. The van der Waals surface area contributed by atoms with E-state index in [1.54, 1.807) is 0 Å². The van der Waals surface area contributed by atoms with Crippen LogP contribution in [0.2, 0.25) is 0 Å². The molecule has 0 spiro atoms. The fraction of sp³-hybridized carbons (Fsp3) is 0.611. The first kappa shape index (κ1) is 17.0. The molecule has 22 heavy (non-hydrogen) atoms. The SMILES string of the molecule is C[C@@](CO)(CNC(=O)CC1CCOCC1)Cc1ccccc1. The van der Waals surface area contributed by atoms with Crippen LogP contribution in [-0.4, -0.2) is 37.4 Å². The van der Waals surface area contributed by atoms with Gasteiger partial charge in [0.25, 0.3) is 0 Å². The van der Waals surface area contributed by atoms with E-state index in [0.29, 0.717) is 18.9 Å². The summed E-state index contributed by atoms with van der Waals surface area (Å²) < 4.78 is 5.31. The molecule has 2 N–H and O–H groups in total. The molecule has 1 heterocycles. The predicted octanol–water partition coefficient (Wildman–Crippen LogP) is 2.16. The lowest BCUT2D eigenvalue weighted by Gasteiger charge is -2.28. The molecule has 2 rings (SSSR count). The highest BCUT2D eigenvalue weighted by atomic mass is 16.5. The zero-order chi connectivity index (χ0) is 15.8. The van der Waals surface area contributed by atoms with Crippen molar-refractivity contribution in [3.05, 3.63) is 35.9 Å². The molecular formula is C18H27NO3. The van der Waals surface area contributed by atoms with Crippen LogP contribution in [0.4, 0.5) is 0 Å². The predicted molar refractivity (Wildman–Crippen MR) is 86.5 cm³/mol. The van der Waals surface area contributed by atoms with Crippen LogP contribution in [0.15, 0.2) is 30.3 Å². The molecule has 1 aromatic rings. The number of aliphatic hydroxyl groups excluding tert-OH is 1.